The Morgan fingerprint density at radius 3 is 2.42 bits per heavy atom. The van der Waals surface area contributed by atoms with Crippen LogP contribution in [0.2, 0.25) is 0 Å². The quantitative estimate of drug-likeness (QED) is 0.446. The van der Waals surface area contributed by atoms with Crippen molar-refractivity contribution in [3.05, 3.63) is 0 Å². The van der Waals surface area contributed by atoms with Crippen molar-refractivity contribution >= 4 is 0 Å². The molecule has 2 rings (SSSR count). The van der Waals surface area contributed by atoms with Crippen LogP contribution in [0.3, 0.4) is 0 Å². The summed E-state index contributed by atoms with van der Waals surface area (Å²) in [5, 5.41) is 0. The molecule has 2 unspecified atom stereocenters. The molecule has 1 saturated heterocycles. The fraction of sp³-hybridized carbons (Fsp3) is 1.00. The lowest BCUT2D eigenvalue weighted by atomic mass is 9.74. The molecule has 0 bridgehead atoms. The minimum absolute atomic E-state index is 0.160. The van der Waals surface area contributed by atoms with Gasteiger partial charge in [0.2, 0.25) is 5.79 Å². The lowest BCUT2D eigenvalue weighted by molar-refractivity contribution is 0.0850. The molecule has 0 aromatic carbocycles. The van der Waals surface area contributed by atoms with Crippen molar-refractivity contribution in [3.63, 3.8) is 0 Å². The van der Waals surface area contributed by atoms with Crippen LogP contribution in [0.25, 0.3) is 0 Å². The van der Waals surface area contributed by atoms with Crippen LogP contribution in [0.5, 0.6) is 0 Å². The molecule has 2 fully saturated rings. The van der Waals surface area contributed by atoms with Gasteiger partial charge in [-0.1, -0.05) is 20.8 Å². The number of rotatable bonds is 1. The third-order valence-electron chi connectivity index (χ3n) is 3.51. The minimum atomic E-state index is -0.160. The summed E-state index contributed by atoms with van der Waals surface area (Å²) < 4.78 is 0. The summed E-state index contributed by atoms with van der Waals surface area (Å²) in [4.78, 5) is 10.3. The average Bonchev–Trinajstić information content (AvgIpc) is 2.76. The van der Waals surface area contributed by atoms with Crippen molar-refractivity contribution in [3.8, 4) is 0 Å². The summed E-state index contributed by atoms with van der Waals surface area (Å²) in [6.45, 7) is 6.80. The molecule has 2 atom stereocenters. The molecule has 0 radical (unpaired) electrons. The molecule has 1 heterocycles. The molecule has 0 aromatic heterocycles. The van der Waals surface area contributed by atoms with Crippen LogP contribution >= 0.6 is 0 Å². The van der Waals surface area contributed by atoms with Crippen molar-refractivity contribution in [1.29, 1.82) is 0 Å². The van der Waals surface area contributed by atoms with Crippen LogP contribution in [0.15, 0.2) is 0 Å². The maximum Gasteiger partial charge on any atom is 0.237 e. The Morgan fingerprint density at radius 1 is 1.25 bits per heavy atom. The Morgan fingerprint density at radius 2 is 1.92 bits per heavy atom. The molecule has 0 aromatic rings. The Labute approximate surface area is 74.2 Å². The zero-order chi connectivity index (χ0) is 8.77. The normalized spacial score (nSPS) is 39.0. The molecule has 1 saturated carbocycles. The summed E-state index contributed by atoms with van der Waals surface area (Å²) in [6.07, 6.45) is 3.70. The van der Waals surface area contributed by atoms with Crippen LogP contribution in [0.1, 0.15) is 40.0 Å². The topological polar surface area (TPSA) is 25.1 Å². The summed E-state index contributed by atoms with van der Waals surface area (Å²) in [5.74, 6) is 1.99. The van der Waals surface area contributed by atoms with Gasteiger partial charge in [0.25, 0.3) is 0 Å². The Kier molecular flexibility index (Phi) is 1.92. The fourth-order valence-corrected chi connectivity index (χ4v) is 2.21. The smallest absolute Gasteiger partial charge is 0.195 e. The van der Waals surface area contributed by atoms with E-state index in [2.05, 4.69) is 20.8 Å². The first-order valence-corrected chi connectivity index (χ1v) is 5.01. The summed E-state index contributed by atoms with van der Waals surface area (Å²) >= 11 is 0. The van der Waals surface area contributed by atoms with Gasteiger partial charge in [-0.05, 0) is 24.7 Å². The molecule has 0 amide bonds. The highest BCUT2D eigenvalue weighted by atomic mass is 17.4. The fourth-order valence-electron chi connectivity index (χ4n) is 2.21. The zero-order valence-electron chi connectivity index (χ0n) is 8.17. The average molecular weight is 170 g/mol. The molecule has 1 spiro atoms. The third-order valence-corrected chi connectivity index (χ3v) is 3.51. The third kappa shape index (κ3) is 1.27. The van der Waals surface area contributed by atoms with E-state index in [0.717, 1.165) is 18.3 Å². The summed E-state index contributed by atoms with van der Waals surface area (Å²) in [5.41, 5.74) is 0. The Bertz CT molecular complexity index is 173. The van der Waals surface area contributed by atoms with Gasteiger partial charge in [0.15, 0.2) is 0 Å². The van der Waals surface area contributed by atoms with Crippen LogP contribution in [0.4, 0.5) is 0 Å². The first kappa shape index (κ1) is 8.52. The summed E-state index contributed by atoms with van der Waals surface area (Å²) in [6, 6.07) is 0. The van der Waals surface area contributed by atoms with Gasteiger partial charge < -0.3 is 0 Å². The van der Waals surface area contributed by atoms with Crippen molar-refractivity contribution < 1.29 is 9.78 Å². The number of hydrogen-bond acceptors (Lipinski definition) is 2. The second kappa shape index (κ2) is 2.71. The van der Waals surface area contributed by atoms with Gasteiger partial charge >= 0.3 is 0 Å². The van der Waals surface area contributed by atoms with E-state index in [1.807, 2.05) is 0 Å². The van der Waals surface area contributed by atoms with Gasteiger partial charge in [-0.25, -0.2) is 0 Å². The van der Waals surface area contributed by atoms with Gasteiger partial charge in [0.1, 0.15) is 0 Å². The number of hydrogen-bond donors (Lipinski definition) is 0. The van der Waals surface area contributed by atoms with E-state index < -0.39 is 0 Å². The molecule has 2 nitrogen and oxygen atoms in total. The Balaban J connectivity index is 1.99. The largest absolute Gasteiger partial charge is 0.237 e. The van der Waals surface area contributed by atoms with Gasteiger partial charge in [-0.2, -0.15) is 9.78 Å². The van der Waals surface area contributed by atoms with E-state index in [0.29, 0.717) is 5.92 Å². The molecule has 12 heavy (non-hydrogen) atoms. The maximum absolute atomic E-state index is 5.13. The molecule has 2 aliphatic rings. The molecule has 2 heteroatoms. The van der Waals surface area contributed by atoms with E-state index >= 15 is 0 Å². The van der Waals surface area contributed by atoms with Crippen LogP contribution in [-0.2, 0) is 9.78 Å². The maximum atomic E-state index is 5.13. The van der Waals surface area contributed by atoms with Crippen molar-refractivity contribution in [2.75, 3.05) is 0 Å². The van der Waals surface area contributed by atoms with E-state index in [-0.39, 0.29) is 5.79 Å². The summed E-state index contributed by atoms with van der Waals surface area (Å²) in [7, 11) is 0. The highest BCUT2D eigenvalue weighted by Crippen LogP contribution is 2.50. The molecule has 70 valence electrons. The first-order valence-electron chi connectivity index (χ1n) is 5.01. The van der Waals surface area contributed by atoms with Crippen molar-refractivity contribution in [2.24, 2.45) is 17.8 Å². The van der Waals surface area contributed by atoms with Gasteiger partial charge in [-0.15, -0.1) is 0 Å². The Hall–Kier alpha value is -0.0800. The van der Waals surface area contributed by atoms with Crippen LogP contribution in [0, 0.1) is 17.8 Å². The second-order valence-electron chi connectivity index (χ2n) is 4.67. The standard InChI is InChI=1S/C10H18O2/c1-7(2)9-5-4-8(3)10(6-9)11-12-10/h7-9H,4-6H2,1-3H3. The highest BCUT2D eigenvalue weighted by Gasteiger charge is 2.56. The highest BCUT2D eigenvalue weighted by molar-refractivity contribution is 4.89. The van der Waals surface area contributed by atoms with E-state index in [1.165, 1.54) is 12.8 Å². The van der Waals surface area contributed by atoms with Gasteiger partial charge in [0, 0.05) is 12.3 Å². The van der Waals surface area contributed by atoms with Gasteiger partial charge in [0.05, 0.1) is 0 Å². The second-order valence-corrected chi connectivity index (χ2v) is 4.67. The predicted molar refractivity (Wildman–Crippen MR) is 46.2 cm³/mol. The van der Waals surface area contributed by atoms with E-state index in [9.17, 15) is 0 Å². The molecular weight excluding hydrogens is 152 g/mol. The van der Waals surface area contributed by atoms with Crippen molar-refractivity contribution in [2.45, 2.75) is 45.8 Å². The molecule has 0 N–H and O–H groups in total. The van der Waals surface area contributed by atoms with E-state index in [4.69, 9.17) is 9.78 Å². The lowest BCUT2D eigenvalue weighted by Crippen LogP contribution is -2.32. The van der Waals surface area contributed by atoms with Crippen LogP contribution in [-0.4, -0.2) is 5.79 Å². The monoisotopic (exact) mass is 170 g/mol. The van der Waals surface area contributed by atoms with Gasteiger partial charge in [-0.3, -0.25) is 0 Å². The zero-order valence-corrected chi connectivity index (χ0v) is 8.17. The SMILES string of the molecule is CC(C)C1CCC(C)C2(C1)OO2. The van der Waals surface area contributed by atoms with Crippen molar-refractivity contribution in [1.82, 2.24) is 0 Å². The molecular formula is C10H18O2. The predicted octanol–water partition coefficient (Wildman–Crippen LogP) is 2.74. The molecule has 1 aliphatic carbocycles. The van der Waals surface area contributed by atoms with Crippen LogP contribution < -0.4 is 0 Å². The first-order chi connectivity index (χ1) is 5.64. The van der Waals surface area contributed by atoms with E-state index in [1.54, 1.807) is 0 Å². The molecule has 1 aliphatic heterocycles. The lowest BCUT2D eigenvalue weighted by Gasteiger charge is -2.31. The minimum Gasteiger partial charge on any atom is -0.195 e.